The molecular weight excluding hydrogens is 316 g/mol. The lowest BCUT2D eigenvalue weighted by atomic mass is 10.2. The minimum absolute atomic E-state index is 0.0549. The van der Waals surface area contributed by atoms with Crippen molar-refractivity contribution in [1.82, 2.24) is 9.97 Å². The van der Waals surface area contributed by atoms with Crippen LogP contribution in [0.1, 0.15) is 5.56 Å². The predicted molar refractivity (Wildman–Crippen MR) is 72.8 cm³/mol. The van der Waals surface area contributed by atoms with Gasteiger partial charge in [-0.3, -0.25) is 0 Å². The normalized spacial score (nSPS) is 11.5. The highest BCUT2D eigenvalue weighted by Gasteiger charge is 2.06. The summed E-state index contributed by atoms with van der Waals surface area (Å²) in [6, 6.07) is 7.16. The Hall–Kier alpha value is -1.60. The molecule has 0 spiro atoms. The van der Waals surface area contributed by atoms with Crippen molar-refractivity contribution >= 4 is 33.5 Å². The predicted octanol–water partition coefficient (Wildman–Crippen LogP) is 2.48. The van der Waals surface area contributed by atoms with Gasteiger partial charge < -0.3 is 10.9 Å². The molecule has 0 aliphatic carbocycles. The molecule has 3 N–H and O–H groups in total. The van der Waals surface area contributed by atoms with Crippen LogP contribution in [0.3, 0.4) is 0 Å². The largest absolute Gasteiger partial charge is 0.409 e. The van der Waals surface area contributed by atoms with Crippen molar-refractivity contribution in [2.45, 2.75) is 10.1 Å². The Morgan fingerprint density at radius 1 is 1.33 bits per heavy atom. The second-order valence-corrected chi connectivity index (χ2v) is 5.12. The number of hydrogen-bond acceptors (Lipinski definition) is 5. The zero-order chi connectivity index (χ0) is 13.0. The topological polar surface area (TPSA) is 84.4 Å². The van der Waals surface area contributed by atoms with Gasteiger partial charge in [0.1, 0.15) is 10.1 Å². The third-order valence-corrected chi connectivity index (χ3v) is 3.92. The van der Waals surface area contributed by atoms with Crippen LogP contribution in [-0.2, 0) is 0 Å². The van der Waals surface area contributed by atoms with Crippen LogP contribution in [0.15, 0.2) is 56.3 Å². The zero-order valence-corrected chi connectivity index (χ0v) is 11.5. The van der Waals surface area contributed by atoms with Crippen LogP contribution in [0.5, 0.6) is 0 Å². The molecule has 0 aliphatic rings. The molecule has 0 atom stereocenters. The molecule has 0 fully saturated rings. The van der Waals surface area contributed by atoms with Gasteiger partial charge in [-0.1, -0.05) is 5.16 Å². The highest BCUT2D eigenvalue weighted by Crippen LogP contribution is 2.30. The average Bonchev–Trinajstić information content (AvgIpc) is 2.41. The Labute approximate surface area is 116 Å². The molecule has 2 aromatic rings. The number of rotatable bonds is 3. The molecule has 0 aromatic carbocycles. The molecule has 0 bridgehead atoms. The number of oxime groups is 1. The number of nitrogens with zero attached hydrogens (tertiary/aromatic N) is 3. The number of hydrogen-bond donors (Lipinski definition) is 2. The quantitative estimate of drug-likeness (QED) is 0.392. The fraction of sp³-hybridized carbons (Fsp3) is 0. The molecule has 2 heterocycles. The lowest BCUT2D eigenvalue weighted by Gasteiger charge is -2.04. The summed E-state index contributed by atoms with van der Waals surface area (Å²) in [5.41, 5.74) is 6.14. The van der Waals surface area contributed by atoms with Crippen molar-refractivity contribution in [2.75, 3.05) is 0 Å². The first-order valence-corrected chi connectivity index (χ1v) is 6.54. The van der Waals surface area contributed by atoms with E-state index in [1.807, 2.05) is 12.1 Å². The van der Waals surface area contributed by atoms with Crippen molar-refractivity contribution in [2.24, 2.45) is 10.9 Å². The van der Waals surface area contributed by atoms with Crippen LogP contribution in [-0.4, -0.2) is 21.0 Å². The molecule has 92 valence electrons. The van der Waals surface area contributed by atoms with E-state index in [1.54, 1.807) is 24.5 Å². The van der Waals surface area contributed by atoms with E-state index >= 15 is 0 Å². The molecule has 0 aliphatic heterocycles. The SMILES string of the molecule is NC(=NO)c1ccnc(Sc2ncccc2Br)c1. The molecule has 0 radical (unpaired) electrons. The summed E-state index contributed by atoms with van der Waals surface area (Å²) in [7, 11) is 0. The fourth-order valence-electron chi connectivity index (χ4n) is 1.23. The van der Waals surface area contributed by atoms with Crippen molar-refractivity contribution in [3.63, 3.8) is 0 Å². The van der Waals surface area contributed by atoms with Crippen molar-refractivity contribution in [1.29, 1.82) is 0 Å². The molecule has 0 amide bonds. The third kappa shape index (κ3) is 2.99. The van der Waals surface area contributed by atoms with Gasteiger partial charge in [0, 0.05) is 18.0 Å². The van der Waals surface area contributed by atoms with Crippen LogP contribution in [0.25, 0.3) is 0 Å². The second kappa shape index (κ2) is 5.83. The van der Waals surface area contributed by atoms with Gasteiger partial charge in [0.25, 0.3) is 0 Å². The maximum Gasteiger partial charge on any atom is 0.170 e. The van der Waals surface area contributed by atoms with Gasteiger partial charge in [-0.25, -0.2) is 9.97 Å². The third-order valence-electron chi connectivity index (χ3n) is 2.06. The summed E-state index contributed by atoms with van der Waals surface area (Å²) in [5.74, 6) is 0.0549. The highest BCUT2D eigenvalue weighted by molar-refractivity contribution is 9.10. The van der Waals surface area contributed by atoms with Crippen LogP contribution >= 0.6 is 27.7 Å². The number of nitrogens with two attached hydrogens (primary N) is 1. The Morgan fingerprint density at radius 3 is 2.89 bits per heavy atom. The second-order valence-electron chi connectivity index (χ2n) is 3.26. The van der Waals surface area contributed by atoms with Crippen LogP contribution < -0.4 is 5.73 Å². The molecule has 18 heavy (non-hydrogen) atoms. The summed E-state index contributed by atoms with van der Waals surface area (Å²) in [5, 5.41) is 13.1. The number of pyridine rings is 2. The Kier molecular flexibility index (Phi) is 4.16. The Bertz CT molecular complexity index is 591. The van der Waals surface area contributed by atoms with Gasteiger partial charge in [-0.05, 0) is 52.0 Å². The van der Waals surface area contributed by atoms with Crippen molar-refractivity contribution in [3.8, 4) is 0 Å². The average molecular weight is 325 g/mol. The molecule has 0 saturated carbocycles. The van der Waals surface area contributed by atoms with Gasteiger partial charge in [-0.15, -0.1) is 0 Å². The first-order chi connectivity index (χ1) is 8.70. The number of aromatic nitrogens is 2. The molecule has 2 aromatic heterocycles. The van der Waals surface area contributed by atoms with Crippen LogP contribution in [0, 0.1) is 0 Å². The van der Waals surface area contributed by atoms with Crippen LogP contribution in [0.4, 0.5) is 0 Å². The minimum Gasteiger partial charge on any atom is -0.409 e. The van der Waals surface area contributed by atoms with Crippen molar-refractivity contribution < 1.29 is 5.21 Å². The maximum absolute atomic E-state index is 8.63. The maximum atomic E-state index is 8.63. The monoisotopic (exact) mass is 324 g/mol. The van der Waals surface area contributed by atoms with Gasteiger partial charge in [0.2, 0.25) is 0 Å². The summed E-state index contributed by atoms with van der Waals surface area (Å²) in [6.07, 6.45) is 3.31. The smallest absolute Gasteiger partial charge is 0.170 e. The fourth-order valence-corrected chi connectivity index (χ4v) is 2.50. The van der Waals surface area contributed by atoms with E-state index in [2.05, 4.69) is 31.1 Å². The Balaban J connectivity index is 2.28. The highest BCUT2D eigenvalue weighted by atomic mass is 79.9. The molecule has 5 nitrogen and oxygen atoms in total. The van der Waals surface area contributed by atoms with Gasteiger partial charge >= 0.3 is 0 Å². The lowest BCUT2D eigenvalue weighted by molar-refractivity contribution is 0.318. The van der Waals surface area contributed by atoms with Crippen LogP contribution in [0.2, 0.25) is 0 Å². The van der Waals surface area contributed by atoms with E-state index in [0.29, 0.717) is 5.56 Å². The summed E-state index contributed by atoms with van der Waals surface area (Å²) in [6.45, 7) is 0. The standard InChI is InChI=1S/C11H9BrN4OS/c12-8-2-1-4-15-11(8)18-9-6-7(3-5-14-9)10(13)16-17/h1-6,17H,(H2,13,16). The van der Waals surface area contributed by atoms with E-state index < -0.39 is 0 Å². The first kappa shape index (κ1) is 12.8. The van der Waals surface area contributed by atoms with E-state index in [9.17, 15) is 0 Å². The lowest BCUT2D eigenvalue weighted by Crippen LogP contribution is -2.13. The Morgan fingerprint density at radius 2 is 2.17 bits per heavy atom. The summed E-state index contributed by atoms with van der Waals surface area (Å²) in [4.78, 5) is 8.44. The van der Waals surface area contributed by atoms with E-state index in [4.69, 9.17) is 10.9 Å². The molecule has 0 saturated heterocycles. The number of halogens is 1. The van der Waals surface area contributed by atoms with Gasteiger partial charge in [0.05, 0.1) is 4.47 Å². The molecule has 7 heteroatoms. The molecule has 0 unspecified atom stereocenters. The zero-order valence-electron chi connectivity index (χ0n) is 9.12. The molecular formula is C11H9BrN4OS. The summed E-state index contributed by atoms with van der Waals surface area (Å²) < 4.78 is 0.894. The first-order valence-electron chi connectivity index (χ1n) is 4.93. The van der Waals surface area contributed by atoms with Gasteiger partial charge in [-0.2, -0.15) is 0 Å². The van der Waals surface area contributed by atoms with Gasteiger partial charge in [0.15, 0.2) is 5.84 Å². The number of amidine groups is 1. The minimum atomic E-state index is 0.0549. The van der Waals surface area contributed by atoms with E-state index in [1.165, 1.54) is 11.8 Å². The van der Waals surface area contributed by atoms with E-state index in [-0.39, 0.29) is 5.84 Å². The van der Waals surface area contributed by atoms with Crippen molar-refractivity contribution in [3.05, 3.63) is 46.7 Å². The summed E-state index contributed by atoms with van der Waals surface area (Å²) >= 11 is 4.81. The van der Waals surface area contributed by atoms with E-state index in [0.717, 1.165) is 14.5 Å². The molecule has 2 rings (SSSR count).